The van der Waals surface area contributed by atoms with Crippen LogP contribution in [-0.2, 0) is 32.7 Å². The average molecular weight is 510 g/mol. The number of hydrogen-bond donors (Lipinski definition) is 1. The van der Waals surface area contributed by atoms with E-state index < -0.39 is 16.1 Å². The molecular weight excluding hydrogens is 474 g/mol. The lowest BCUT2D eigenvalue weighted by molar-refractivity contribution is -0.136. The van der Waals surface area contributed by atoms with Crippen LogP contribution in [0.4, 0.5) is 0 Å². The highest BCUT2D eigenvalue weighted by Gasteiger charge is 2.31. The molecule has 1 aliphatic rings. The Balaban J connectivity index is 1.86. The molecule has 0 radical (unpaired) electrons. The maximum Gasteiger partial charge on any atom is 0.243 e. The van der Waals surface area contributed by atoms with Crippen molar-refractivity contribution in [2.45, 2.75) is 56.9 Å². The molecule has 0 aliphatic carbocycles. The van der Waals surface area contributed by atoms with Gasteiger partial charge in [-0.25, -0.2) is 8.42 Å². The second kappa shape index (κ2) is 11.9. The minimum Gasteiger partial charge on any atom is -0.497 e. The van der Waals surface area contributed by atoms with E-state index in [1.807, 2.05) is 6.92 Å². The van der Waals surface area contributed by atoms with E-state index in [0.717, 1.165) is 0 Å². The van der Waals surface area contributed by atoms with Crippen molar-refractivity contribution < 1.29 is 27.8 Å². The quantitative estimate of drug-likeness (QED) is 0.589. The lowest BCUT2D eigenvalue weighted by Gasteiger charge is -2.35. The number of aliphatic hydroxyl groups excluding tert-OH is 1. The first-order valence-electron chi connectivity index (χ1n) is 11.7. The number of aliphatic hydroxyl groups is 1. The van der Waals surface area contributed by atoms with Crippen LogP contribution in [0.2, 0.25) is 0 Å². The minimum atomic E-state index is -3.82. The topological polar surface area (TPSA) is 127 Å². The molecule has 11 nitrogen and oxygen atoms in total. The lowest BCUT2D eigenvalue weighted by Crippen LogP contribution is -2.47. The number of aromatic nitrogens is 3. The van der Waals surface area contributed by atoms with E-state index in [4.69, 9.17) is 9.47 Å². The monoisotopic (exact) mass is 509 g/mol. The number of sulfonamides is 1. The molecule has 1 aliphatic heterocycles. The lowest BCUT2D eigenvalue weighted by atomic mass is 10.0. The van der Waals surface area contributed by atoms with Crippen LogP contribution in [0.25, 0.3) is 0 Å². The molecule has 194 valence electrons. The smallest absolute Gasteiger partial charge is 0.243 e. The molecule has 0 saturated carbocycles. The van der Waals surface area contributed by atoms with Crippen LogP contribution in [-0.4, -0.2) is 89.6 Å². The van der Waals surface area contributed by atoms with Gasteiger partial charge >= 0.3 is 0 Å². The van der Waals surface area contributed by atoms with Crippen LogP contribution >= 0.6 is 0 Å². The van der Waals surface area contributed by atoms with Gasteiger partial charge in [0.05, 0.1) is 43.6 Å². The Kier molecular flexibility index (Phi) is 9.22. The number of nitrogens with zero attached hydrogens (tertiary/aromatic N) is 5. The van der Waals surface area contributed by atoms with Crippen LogP contribution in [0.3, 0.4) is 0 Å². The molecule has 1 amide bonds. The fourth-order valence-corrected chi connectivity index (χ4v) is 5.20. The molecule has 0 saturated heterocycles. The molecule has 2 heterocycles. The summed E-state index contributed by atoms with van der Waals surface area (Å²) in [5.41, 5.74) is 0.631. The fourth-order valence-electron chi connectivity index (χ4n) is 3.99. The van der Waals surface area contributed by atoms with Crippen molar-refractivity contribution in [3.8, 4) is 5.75 Å². The zero-order valence-corrected chi connectivity index (χ0v) is 21.5. The maximum atomic E-state index is 13.3. The van der Waals surface area contributed by atoms with Crippen LogP contribution in [0, 0.1) is 5.92 Å². The molecule has 0 spiro atoms. The minimum absolute atomic E-state index is 0.0599. The Morgan fingerprint density at radius 1 is 1.37 bits per heavy atom. The Labute approximate surface area is 206 Å². The van der Waals surface area contributed by atoms with E-state index in [-0.39, 0.29) is 42.5 Å². The maximum absolute atomic E-state index is 13.3. The molecular formula is C23H35N5O6S. The van der Waals surface area contributed by atoms with E-state index >= 15 is 0 Å². The predicted molar refractivity (Wildman–Crippen MR) is 128 cm³/mol. The zero-order valence-electron chi connectivity index (χ0n) is 20.7. The summed E-state index contributed by atoms with van der Waals surface area (Å²) in [4.78, 5) is 14.7. The molecule has 0 fully saturated rings. The SMILES string of the molecule is COc1cccc(S(=O)(=O)N(C)C[C@H]2OCc3cn(nn3)CCCC(=O)N([C@H](C)CO)C[C@H]2C)c1. The second-order valence-electron chi connectivity index (χ2n) is 8.95. The Morgan fingerprint density at radius 3 is 2.86 bits per heavy atom. The van der Waals surface area contributed by atoms with Gasteiger partial charge in [0.15, 0.2) is 0 Å². The molecule has 0 unspecified atom stereocenters. The highest BCUT2D eigenvalue weighted by Crippen LogP contribution is 2.23. The normalized spacial score (nSPS) is 21.2. The van der Waals surface area contributed by atoms with Gasteiger partial charge < -0.3 is 19.5 Å². The summed E-state index contributed by atoms with van der Waals surface area (Å²) in [6.07, 6.45) is 2.13. The molecule has 3 atom stereocenters. The standard InChI is InChI=1S/C23H35N5O6S/c1-17-12-28(18(2)15-29)23(30)9-6-10-27-13-19(24-25-27)16-34-22(17)14-26(3)35(31,32)21-8-5-7-20(11-21)33-4/h5,7-8,11,13,17-18,22,29H,6,9-10,12,14-16H2,1-4H3/t17-,18-,22-/m1/s1. The number of carbonyl (C=O) groups is 1. The molecule has 1 aromatic heterocycles. The van der Waals surface area contributed by atoms with Gasteiger partial charge in [-0.05, 0) is 25.5 Å². The Bertz CT molecular complexity index is 1090. The second-order valence-corrected chi connectivity index (χ2v) is 11.0. The summed E-state index contributed by atoms with van der Waals surface area (Å²) in [7, 11) is -0.836. The number of likely N-dealkylation sites (N-methyl/N-ethyl adjacent to an activating group) is 1. The van der Waals surface area contributed by atoms with E-state index in [2.05, 4.69) is 10.3 Å². The van der Waals surface area contributed by atoms with Gasteiger partial charge in [0, 0.05) is 45.1 Å². The first kappa shape index (κ1) is 27.1. The number of ether oxygens (including phenoxy) is 2. The van der Waals surface area contributed by atoms with Gasteiger partial charge in [0.1, 0.15) is 11.4 Å². The third kappa shape index (κ3) is 6.78. The molecule has 2 aromatic rings. The Hall–Kier alpha value is -2.54. The Morgan fingerprint density at radius 2 is 2.14 bits per heavy atom. The van der Waals surface area contributed by atoms with Crippen LogP contribution < -0.4 is 4.74 Å². The molecule has 12 heteroatoms. The summed E-state index contributed by atoms with van der Waals surface area (Å²) in [5.74, 6) is 0.141. The number of rotatable bonds is 7. The van der Waals surface area contributed by atoms with E-state index in [9.17, 15) is 18.3 Å². The van der Waals surface area contributed by atoms with Gasteiger partial charge in [-0.2, -0.15) is 4.31 Å². The number of amides is 1. The predicted octanol–water partition coefficient (Wildman–Crippen LogP) is 1.13. The highest BCUT2D eigenvalue weighted by molar-refractivity contribution is 7.89. The third-order valence-corrected chi connectivity index (χ3v) is 8.05. The number of hydrogen-bond acceptors (Lipinski definition) is 8. The van der Waals surface area contributed by atoms with Gasteiger partial charge in [-0.3, -0.25) is 9.48 Å². The molecule has 1 aromatic carbocycles. The van der Waals surface area contributed by atoms with Crippen molar-refractivity contribution in [3.05, 3.63) is 36.2 Å². The van der Waals surface area contributed by atoms with Crippen molar-refractivity contribution in [2.24, 2.45) is 5.92 Å². The summed E-state index contributed by atoms with van der Waals surface area (Å²) in [6, 6.07) is 5.93. The van der Waals surface area contributed by atoms with Crippen LogP contribution in [0.1, 0.15) is 32.4 Å². The van der Waals surface area contributed by atoms with E-state index in [1.54, 1.807) is 34.8 Å². The summed E-state index contributed by atoms with van der Waals surface area (Å²) in [6.45, 7) is 4.62. The first-order chi connectivity index (χ1) is 16.6. The van der Waals surface area contributed by atoms with Crippen molar-refractivity contribution in [3.63, 3.8) is 0 Å². The largest absolute Gasteiger partial charge is 0.497 e. The number of carbonyl (C=O) groups excluding carboxylic acids is 1. The zero-order chi connectivity index (χ0) is 25.6. The van der Waals surface area contributed by atoms with Gasteiger partial charge in [0.2, 0.25) is 15.9 Å². The van der Waals surface area contributed by atoms with Crippen molar-refractivity contribution >= 4 is 15.9 Å². The number of aryl methyl sites for hydroxylation is 1. The summed E-state index contributed by atoms with van der Waals surface area (Å²) >= 11 is 0. The fraction of sp³-hybridized carbons (Fsp3) is 0.609. The third-order valence-electron chi connectivity index (χ3n) is 6.23. The summed E-state index contributed by atoms with van der Waals surface area (Å²) < 4.78 is 40.8. The molecule has 3 rings (SSSR count). The summed E-state index contributed by atoms with van der Waals surface area (Å²) in [5, 5.41) is 17.9. The van der Waals surface area contributed by atoms with Crippen LogP contribution in [0.5, 0.6) is 5.75 Å². The average Bonchev–Trinajstić information content (AvgIpc) is 3.31. The molecule has 2 bridgehead atoms. The molecule has 1 N–H and O–H groups in total. The van der Waals surface area contributed by atoms with Gasteiger partial charge in [-0.1, -0.05) is 18.2 Å². The number of methoxy groups -OCH3 is 1. The van der Waals surface area contributed by atoms with E-state index in [0.29, 0.717) is 37.4 Å². The number of benzene rings is 1. The van der Waals surface area contributed by atoms with Crippen LogP contribution in [0.15, 0.2) is 35.4 Å². The molecule has 35 heavy (non-hydrogen) atoms. The van der Waals surface area contributed by atoms with Gasteiger partial charge in [0.25, 0.3) is 0 Å². The van der Waals surface area contributed by atoms with Crippen molar-refractivity contribution in [1.82, 2.24) is 24.2 Å². The number of fused-ring (bicyclic) bond motifs is 2. The van der Waals surface area contributed by atoms with E-state index in [1.165, 1.54) is 30.6 Å². The first-order valence-corrected chi connectivity index (χ1v) is 13.1. The highest BCUT2D eigenvalue weighted by atomic mass is 32.2. The van der Waals surface area contributed by atoms with Gasteiger partial charge in [-0.15, -0.1) is 5.10 Å². The van der Waals surface area contributed by atoms with Crippen molar-refractivity contribution in [2.75, 3.05) is 33.9 Å². The van der Waals surface area contributed by atoms with Crippen molar-refractivity contribution in [1.29, 1.82) is 0 Å².